The summed E-state index contributed by atoms with van der Waals surface area (Å²) in [5.74, 6) is 0.584. The second-order valence-corrected chi connectivity index (χ2v) is 3.63. The Labute approximate surface area is 84.9 Å². The van der Waals surface area contributed by atoms with E-state index in [2.05, 4.69) is 4.90 Å². The zero-order chi connectivity index (χ0) is 9.52. The van der Waals surface area contributed by atoms with E-state index in [0.717, 1.165) is 32.7 Å². The number of halogens is 1. The number of alkyl halides is 1. The fourth-order valence-electron chi connectivity index (χ4n) is 1.54. The minimum Gasteiger partial charge on any atom is -0.380 e. The summed E-state index contributed by atoms with van der Waals surface area (Å²) < 4.78 is 10.6. The molecule has 0 amide bonds. The first-order chi connectivity index (χ1) is 6.36. The SMILES string of the molecule is COC1CCN(CCOCCCl)C1. The second-order valence-electron chi connectivity index (χ2n) is 3.25. The summed E-state index contributed by atoms with van der Waals surface area (Å²) >= 11 is 5.48. The number of hydrogen-bond donors (Lipinski definition) is 0. The lowest BCUT2D eigenvalue weighted by Crippen LogP contribution is -2.26. The van der Waals surface area contributed by atoms with Gasteiger partial charge in [0.1, 0.15) is 0 Å². The maximum absolute atomic E-state index is 5.48. The molecule has 1 saturated heterocycles. The molecule has 1 atom stereocenters. The van der Waals surface area contributed by atoms with Crippen LogP contribution in [0.2, 0.25) is 0 Å². The monoisotopic (exact) mass is 207 g/mol. The van der Waals surface area contributed by atoms with Gasteiger partial charge >= 0.3 is 0 Å². The van der Waals surface area contributed by atoms with Gasteiger partial charge in [-0.2, -0.15) is 0 Å². The smallest absolute Gasteiger partial charge is 0.0710 e. The summed E-state index contributed by atoms with van der Waals surface area (Å²) in [5, 5.41) is 0. The molecular weight excluding hydrogens is 190 g/mol. The number of nitrogens with zero attached hydrogens (tertiary/aromatic N) is 1. The van der Waals surface area contributed by atoms with Crippen molar-refractivity contribution in [3.63, 3.8) is 0 Å². The van der Waals surface area contributed by atoms with Crippen molar-refractivity contribution in [2.75, 3.05) is 45.8 Å². The van der Waals surface area contributed by atoms with E-state index in [1.165, 1.54) is 0 Å². The molecule has 1 fully saturated rings. The van der Waals surface area contributed by atoms with Crippen molar-refractivity contribution in [2.24, 2.45) is 0 Å². The van der Waals surface area contributed by atoms with Crippen molar-refractivity contribution in [2.45, 2.75) is 12.5 Å². The summed E-state index contributed by atoms with van der Waals surface area (Å²) in [7, 11) is 1.78. The highest BCUT2D eigenvalue weighted by atomic mass is 35.5. The topological polar surface area (TPSA) is 21.7 Å². The first-order valence-corrected chi connectivity index (χ1v) is 5.29. The first kappa shape index (κ1) is 11.2. The molecule has 1 aliphatic rings. The average Bonchev–Trinajstić information content (AvgIpc) is 2.60. The van der Waals surface area contributed by atoms with Gasteiger partial charge in [-0.05, 0) is 6.42 Å². The Kier molecular flexibility index (Phi) is 5.71. The lowest BCUT2D eigenvalue weighted by atomic mass is 10.3. The van der Waals surface area contributed by atoms with Crippen molar-refractivity contribution in [1.82, 2.24) is 4.90 Å². The molecule has 1 rings (SSSR count). The molecule has 0 radical (unpaired) electrons. The van der Waals surface area contributed by atoms with Crippen LogP contribution >= 0.6 is 11.6 Å². The third kappa shape index (κ3) is 4.27. The molecule has 0 aromatic carbocycles. The van der Waals surface area contributed by atoms with Crippen molar-refractivity contribution in [1.29, 1.82) is 0 Å². The molecule has 0 spiro atoms. The van der Waals surface area contributed by atoms with E-state index in [1.807, 2.05) is 0 Å². The molecule has 0 aliphatic carbocycles. The van der Waals surface area contributed by atoms with Crippen LogP contribution in [0.1, 0.15) is 6.42 Å². The molecule has 13 heavy (non-hydrogen) atoms. The second kappa shape index (κ2) is 6.60. The van der Waals surface area contributed by atoms with Crippen molar-refractivity contribution < 1.29 is 9.47 Å². The quantitative estimate of drug-likeness (QED) is 0.479. The zero-order valence-electron chi connectivity index (χ0n) is 8.17. The molecule has 3 nitrogen and oxygen atoms in total. The third-order valence-corrected chi connectivity index (χ3v) is 2.49. The van der Waals surface area contributed by atoms with Gasteiger partial charge in [-0.1, -0.05) is 0 Å². The van der Waals surface area contributed by atoms with Gasteiger partial charge in [0.05, 0.1) is 19.3 Å². The van der Waals surface area contributed by atoms with E-state index in [9.17, 15) is 0 Å². The van der Waals surface area contributed by atoms with E-state index in [1.54, 1.807) is 7.11 Å². The predicted octanol–water partition coefficient (Wildman–Crippen LogP) is 0.962. The highest BCUT2D eigenvalue weighted by Crippen LogP contribution is 2.10. The molecule has 1 aliphatic heterocycles. The summed E-state index contributed by atoms with van der Waals surface area (Å²) in [6.07, 6.45) is 1.57. The van der Waals surface area contributed by atoms with Crippen LogP contribution in [0, 0.1) is 0 Å². The molecule has 0 saturated carbocycles. The third-order valence-electron chi connectivity index (χ3n) is 2.34. The lowest BCUT2D eigenvalue weighted by molar-refractivity contribution is 0.0935. The Bertz CT molecular complexity index is 135. The zero-order valence-corrected chi connectivity index (χ0v) is 8.92. The van der Waals surface area contributed by atoms with Crippen LogP contribution in [0.15, 0.2) is 0 Å². The highest BCUT2D eigenvalue weighted by molar-refractivity contribution is 6.17. The van der Waals surface area contributed by atoms with Crippen LogP contribution in [0.25, 0.3) is 0 Å². The summed E-state index contributed by atoms with van der Waals surface area (Å²) in [4.78, 5) is 2.36. The Balaban J connectivity index is 1.97. The van der Waals surface area contributed by atoms with Gasteiger partial charge in [0, 0.05) is 32.6 Å². The normalized spacial score (nSPS) is 24.0. The number of likely N-dealkylation sites (tertiary alicyclic amines) is 1. The van der Waals surface area contributed by atoms with Gasteiger partial charge < -0.3 is 9.47 Å². The Hall–Kier alpha value is 0.170. The molecular formula is C9H18ClNO2. The van der Waals surface area contributed by atoms with Crippen molar-refractivity contribution >= 4 is 11.6 Å². The van der Waals surface area contributed by atoms with Crippen molar-refractivity contribution in [3.05, 3.63) is 0 Å². The van der Waals surface area contributed by atoms with Gasteiger partial charge in [0.25, 0.3) is 0 Å². The van der Waals surface area contributed by atoms with Crippen LogP contribution in [-0.4, -0.2) is 56.8 Å². The van der Waals surface area contributed by atoms with Gasteiger partial charge in [-0.3, -0.25) is 4.90 Å². The predicted molar refractivity (Wildman–Crippen MR) is 53.4 cm³/mol. The number of rotatable bonds is 6. The van der Waals surface area contributed by atoms with Crippen LogP contribution in [-0.2, 0) is 9.47 Å². The Morgan fingerprint density at radius 3 is 2.92 bits per heavy atom. The molecule has 0 aromatic heterocycles. The van der Waals surface area contributed by atoms with E-state index in [0.29, 0.717) is 18.6 Å². The molecule has 1 heterocycles. The number of methoxy groups -OCH3 is 1. The summed E-state index contributed by atoms with van der Waals surface area (Å²) in [6.45, 7) is 4.60. The van der Waals surface area contributed by atoms with Gasteiger partial charge in [-0.15, -0.1) is 11.6 Å². The first-order valence-electron chi connectivity index (χ1n) is 4.75. The standard InChI is InChI=1S/C9H18ClNO2/c1-12-9-2-4-11(8-9)5-7-13-6-3-10/h9H,2-8H2,1H3. The fourth-order valence-corrected chi connectivity index (χ4v) is 1.65. The molecule has 1 unspecified atom stereocenters. The maximum atomic E-state index is 5.48. The number of ether oxygens (including phenoxy) is 2. The largest absolute Gasteiger partial charge is 0.380 e. The maximum Gasteiger partial charge on any atom is 0.0710 e. The van der Waals surface area contributed by atoms with Crippen molar-refractivity contribution in [3.8, 4) is 0 Å². The van der Waals surface area contributed by atoms with E-state index in [4.69, 9.17) is 21.1 Å². The minimum atomic E-state index is 0.424. The summed E-state index contributed by atoms with van der Waals surface area (Å²) in [6, 6.07) is 0. The molecule has 4 heteroatoms. The lowest BCUT2D eigenvalue weighted by Gasteiger charge is -2.14. The Morgan fingerprint density at radius 2 is 2.31 bits per heavy atom. The average molecular weight is 208 g/mol. The molecule has 0 N–H and O–H groups in total. The van der Waals surface area contributed by atoms with Crippen LogP contribution in [0.3, 0.4) is 0 Å². The Morgan fingerprint density at radius 1 is 1.46 bits per heavy atom. The summed E-state index contributed by atoms with van der Waals surface area (Å²) in [5.41, 5.74) is 0. The van der Waals surface area contributed by atoms with E-state index >= 15 is 0 Å². The molecule has 0 bridgehead atoms. The highest BCUT2D eigenvalue weighted by Gasteiger charge is 2.20. The van der Waals surface area contributed by atoms with Gasteiger partial charge in [0.2, 0.25) is 0 Å². The fraction of sp³-hybridized carbons (Fsp3) is 1.00. The molecule has 78 valence electrons. The molecule has 0 aromatic rings. The van der Waals surface area contributed by atoms with Crippen LogP contribution in [0.5, 0.6) is 0 Å². The van der Waals surface area contributed by atoms with Crippen LogP contribution in [0.4, 0.5) is 0 Å². The number of hydrogen-bond acceptors (Lipinski definition) is 3. The van der Waals surface area contributed by atoms with Gasteiger partial charge in [-0.25, -0.2) is 0 Å². The van der Waals surface area contributed by atoms with Crippen LogP contribution < -0.4 is 0 Å². The van der Waals surface area contributed by atoms with E-state index < -0.39 is 0 Å². The van der Waals surface area contributed by atoms with E-state index in [-0.39, 0.29) is 0 Å². The minimum absolute atomic E-state index is 0.424. The van der Waals surface area contributed by atoms with Gasteiger partial charge in [0.15, 0.2) is 0 Å².